The number of carbonyl (C=O) groups is 1. The number of nitrogens with one attached hydrogen (secondary N) is 1. The molecule has 0 saturated carbocycles. The lowest BCUT2D eigenvalue weighted by atomic mass is 10.1. The van der Waals surface area contributed by atoms with Crippen molar-refractivity contribution in [3.63, 3.8) is 0 Å². The monoisotopic (exact) mass is 470 g/mol. The molecule has 1 aromatic heterocycles. The van der Waals surface area contributed by atoms with E-state index in [-0.39, 0.29) is 22.7 Å². The van der Waals surface area contributed by atoms with Crippen LogP contribution in [-0.4, -0.2) is 47.1 Å². The molecular formula is C24H24ClFN4O3. The lowest BCUT2D eigenvalue weighted by Gasteiger charge is -2.31. The molecular weight excluding hydrogens is 447 g/mol. The number of piperidine rings is 1. The van der Waals surface area contributed by atoms with Gasteiger partial charge in [0, 0.05) is 37.4 Å². The first-order valence-corrected chi connectivity index (χ1v) is 10.9. The van der Waals surface area contributed by atoms with Gasteiger partial charge in [-0.05, 0) is 30.7 Å². The van der Waals surface area contributed by atoms with Crippen LogP contribution in [0.2, 0.25) is 5.02 Å². The summed E-state index contributed by atoms with van der Waals surface area (Å²) in [6, 6.07) is 6.89. The van der Waals surface area contributed by atoms with Crippen molar-refractivity contribution in [3.8, 4) is 11.5 Å². The van der Waals surface area contributed by atoms with E-state index in [4.69, 9.17) is 21.1 Å². The van der Waals surface area contributed by atoms with Crippen molar-refractivity contribution in [3.05, 3.63) is 59.7 Å². The van der Waals surface area contributed by atoms with Gasteiger partial charge in [0.1, 0.15) is 18.2 Å². The molecule has 0 radical (unpaired) electrons. The fourth-order valence-corrected chi connectivity index (χ4v) is 3.95. The fourth-order valence-electron chi connectivity index (χ4n) is 3.79. The van der Waals surface area contributed by atoms with Crippen molar-refractivity contribution in [2.45, 2.75) is 25.9 Å². The van der Waals surface area contributed by atoms with Crippen LogP contribution in [0.5, 0.6) is 11.5 Å². The first-order valence-electron chi connectivity index (χ1n) is 10.5. The van der Waals surface area contributed by atoms with E-state index in [2.05, 4.69) is 21.9 Å². The van der Waals surface area contributed by atoms with Crippen LogP contribution in [0.15, 0.2) is 43.2 Å². The number of carbonyl (C=O) groups excluding carboxylic acids is 1. The third-order valence-corrected chi connectivity index (χ3v) is 6.14. The van der Waals surface area contributed by atoms with E-state index in [1.165, 1.54) is 12.4 Å². The Morgan fingerprint density at radius 2 is 2.03 bits per heavy atom. The van der Waals surface area contributed by atoms with E-state index >= 15 is 0 Å². The molecule has 0 bridgehead atoms. The standard InChI is InChI=1S/C24H24ClFN4O3/c1-4-21(31)30-9-7-15(8-10-30)33-20-11-16-18(12-19(20)32-3)27-13-28-24(16)29-17-6-5-14(2)22(25)23(17)26/h4-6,11-13,15H,1,7-10H2,2-3H3,(H,27,28,29). The number of halogens is 2. The molecule has 1 saturated heterocycles. The summed E-state index contributed by atoms with van der Waals surface area (Å²) in [6.45, 7) is 6.46. The summed E-state index contributed by atoms with van der Waals surface area (Å²) in [5.41, 5.74) is 1.47. The van der Waals surface area contributed by atoms with E-state index in [9.17, 15) is 9.18 Å². The first-order chi connectivity index (χ1) is 15.9. The average Bonchev–Trinajstić information content (AvgIpc) is 2.84. The summed E-state index contributed by atoms with van der Waals surface area (Å²) < 4.78 is 26.4. The quantitative estimate of drug-likeness (QED) is 0.509. The van der Waals surface area contributed by atoms with Gasteiger partial charge in [-0.25, -0.2) is 14.4 Å². The summed E-state index contributed by atoms with van der Waals surface area (Å²) in [7, 11) is 1.56. The Labute approximate surface area is 196 Å². The third kappa shape index (κ3) is 4.71. The number of rotatable bonds is 6. The lowest BCUT2D eigenvalue weighted by Crippen LogP contribution is -2.41. The van der Waals surface area contributed by atoms with Crippen LogP contribution in [-0.2, 0) is 4.79 Å². The van der Waals surface area contributed by atoms with Gasteiger partial charge in [-0.15, -0.1) is 0 Å². The Balaban J connectivity index is 1.63. The van der Waals surface area contributed by atoms with E-state index < -0.39 is 5.82 Å². The Morgan fingerprint density at radius 1 is 1.27 bits per heavy atom. The van der Waals surface area contributed by atoms with Crippen LogP contribution >= 0.6 is 11.6 Å². The number of amides is 1. The molecule has 0 aliphatic carbocycles. The largest absolute Gasteiger partial charge is 0.493 e. The highest BCUT2D eigenvalue weighted by Gasteiger charge is 2.24. The van der Waals surface area contributed by atoms with Crippen LogP contribution in [0.1, 0.15) is 18.4 Å². The van der Waals surface area contributed by atoms with Crippen molar-refractivity contribution >= 4 is 39.9 Å². The van der Waals surface area contributed by atoms with Crippen molar-refractivity contribution < 1.29 is 18.7 Å². The van der Waals surface area contributed by atoms with Crippen LogP contribution in [0.4, 0.5) is 15.9 Å². The molecule has 0 spiro atoms. The molecule has 1 N–H and O–H groups in total. The molecule has 1 aliphatic rings. The number of fused-ring (bicyclic) bond motifs is 1. The lowest BCUT2D eigenvalue weighted by molar-refractivity contribution is -0.127. The van der Waals surface area contributed by atoms with E-state index in [1.807, 2.05) is 0 Å². The highest BCUT2D eigenvalue weighted by atomic mass is 35.5. The van der Waals surface area contributed by atoms with Crippen molar-refractivity contribution in [2.75, 3.05) is 25.5 Å². The predicted octanol–water partition coefficient (Wildman–Crippen LogP) is 5.04. The second-order valence-electron chi connectivity index (χ2n) is 7.77. The van der Waals surface area contributed by atoms with Crippen LogP contribution in [0, 0.1) is 12.7 Å². The minimum Gasteiger partial charge on any atom is -0.493 e. The number of hydrogen-bond acceptors (Lipinski definition) is 6. The molecule has 2 heterocycles. The number of aryl methyl sites for hydroxylation is 1. The van der Waals surface area contributed by atoms with Crippen molar-refractivity contribution in [2.24, 2.45) is 0 Å². The summed E-state index contributed by atoms with van der Waals surface area (Å²) in [5, 5.41) is 3.72. The van der Waals surface area contributed by atoms with Gasteiger partial charge in [-0.3, -0.25) is 4.79 Å². The van der Waals surface area contributed by atoms with Gasteiger partial charge in [-0.2, -0.15) is 0 Å². The number of aromatic nitrogens is 2. The van der Waals surface area contributed by atoms with Gasteiger partial charge in [0.05, 0.1) is 23.3 Å². The highest BCUT2D eigenvalue weighted by Crippen LogP contribution is 2.37. The normalized spacial score (nSPS) is 14.2. The minimum atomic E-state index is -0.547. The Hall–Kier alpha value is -3.39. The summed E-state index contributed by atoms with van der Waals surface area (Å²) in [5.74, 6) is 0.847. The van der Waals surface area contributed by atoms with Crippen molar-refractivity contribution in [1.29, 1.82) is 0 Å². The summed E-state index contributed by atoms with van der Waals surface area (Å²) in [6.07, 6.45) is 4.00. The van der Waals surface area contributed by atoms with Crippen LogP contribution < -0.4 is 14.8 Å². The second kappa shape index (κ2) is 9.62. The number of likely N-dealkylation sites (tertiary alicyclic amines) is 1. The molecule has 3 aromatic rings. The predicted molar refractivity (Wildman–Crippen MR) is 126 cm³/mol. The topological polar surface area (TPSA) is 76.6 Å². The summed E-state index contributed by atoms with van der Waals surface area (Å²) >= 11 is 6.07. The maximum Gasteiger partial charge on any atom is 0.245 e. The van der Waals surface area contributed by atoms with Gasteiger partial charge in [0.15, 0.2) is 17.3 Å². The Morgan fingerprint density at radius 3 is 2.73 bits per heavy atom. The number of benzene rings is 2. The molecule has 7 nitrogen and oxygen atoms in total. The molecule has 2 aromatic carbocycles. The van der Waals surface area contributed by atoms with Gasteiger partial charge in [0.25, 0.3) is 0 Å². The zero-order valence-electron chi connectivity index (χ0n) is 18.4. The average molecular weight is 471 g/mol. The Kier molecular flexibility index (Phi) is 6.65. The molecule has 1 fully saturated rings. The molecule has 9 heteroatoms. The van der Waals surface area contributed by atoms with Crippen LogP contribution in [0.3, 0.4) is 0 Å². The molecule has 1 amide bonds. The van der Waals surface area contributed by atoms with Crippen LogP contribution in [0.25, 0.3) is 10.9 Å². The number of nitrogens with zero attached hydrogens (tertiary/aromatic N) is 3. The van der Waals surface area contributed by atoms with E-state index in [0.29, 0.717) is 59.7 Å². The minimum absolute atomic E-state index is 0.0605. The third-order valence-electron chi connectivity index (χ3n) is 5.67. The van der Waals surface area contributed by atoms with E-state index in [1.54, 1.807) is 43.2 Å². The van der Waals surface area contributed by atoms with Gasteiger partial charge >= 0.3 is 0 Å². The summed E-state index contributed by atoms with van der Waals surface area (Å²) in [4.78, 5) is 22.2. The van der Waals surface area contributed by atoms with Gasteiger partial charge in [-0.1, -0.05) is 24.2 Å². The molecule has 0 unspecified atom stereocenters. The first kappa shape index (κ1) is 22.8. The number of anilines is 2. The smallest absolute Gasteiger partial charge is 0.245 e. The molecule has 1 aliphatic heterocycles. The Bertz CT molecular complexity index is 1210. The molecule has 0 atom stereocenters. The zero-order valence-corrected chi connectivity index (χ0v) is 19.2. The molecule has 172 valence electrons. The SMILES string of the molecule is C=CC(=O)N1CCC(Oc2cc3c(Nc4ccc(C)c(Cl)c4F)ncnc3cc2OC)CC1. The number of methoxy groups -OCH3 is 1. The van der Waals surface area contributed by atoms with E-state index in [0.717, 1.165) is 0 Å². The van der Waals surface area contributed by atoms with Crippen molar-refractivity contribution in [1.82, 2.24) is 14.9 Å². The fraction of sp³-hybridized carbons (Fsp3) is 0.292. The maximum absolute atomic E-state index is 14.7. The highest BCUT2D eigenvalue weighted by molar-refractivity contribution is 6.31. The molecule has 4 rings (SSSR count). The van der Waals surface area contributed by atoms with Gasteiger partial charge < -0.3 is 19.7 Å². The number of hydrogen-bond donors (Lipinski definition) is 1. The number of ether oxygens (including phenoxy) is 2. The van der Waals surface area contributed by atoms with Gasteiger partial charge in [0.2, 0.25) is 5.91 Å². The zero-order chi connectivity index (χ0) is 23.5. The second-order valence-corrected chi connectivity index (χ2v) is 8.15. The maximum atomic E-state index is 14.7. The molecule has 33 heavy (non-hydrogen) atoms.